The number of aromatic nitrogens is 2. The molecule has 0 radical (unpaired) electrons. The zero-order chi connectivity index (χ0) is 30.6. The summed E-state index contributed by atoms with van der Waals surface area (Å²) in [5.74, 6) is 2.14. The quantitative estimate of drug-likeness (QED) is 0.325. The second kappa shape index (κ2) is 11.0. The molecule has 44 heavy (non-hydrogen) atoms. The van der Waals surface area contributed by atoms with E-state index in [9.17, 15) is 18.7 Å². The van der Waals surface area contributed by atoms with E-state index in [2.05, 4.69) is 10.8 Å². The molecule has 0 aliphatic carbocycles. The van der Waals surface area contributed by atoms with E-state index in [1.807, 2.05) is 4.90 Å². The number of nitrogens with zero attached hydrogens (tertiary/aromatic N) is 4. The molecular weight excluding hydrogens is 570 g/mol. The van der Waals surface area contributed by atoms with Crippen molar-refractivity contribution in [3.05, 3.63) is 51.6 Å². The lowest BCUT2D eigenvalue weighted by Gasteiger charge is -2.31. The van der Waals surface area contributed by atoms with Crippen LogP contribution in [0.1, 0.15) is 36.8 Å². The van der Waals surface area contributed by atoms with Gasteiger partial charge in [0.1, 0.15) is 35.5 Å². The van der Waals surface area contributed by atoms with Gasteiger partial charge in [0.15, 0.2) is 5.82 Å². The van der Waals surface area contributed by atoms with Gasteiger partial charge in [0.2, 0.25) is 0 Å². The second-order valence-electron chi connectivity index (χ2n) is 11.9. The van der Waals surface area contributed by atoms with E-state index in [1.165, 1.54) is 24.3 Å². The lowest BCUT2D eigenvalue weighted by atomic mass is 9.95. The van der Waals surface area contributed by atoms with E-state index in [0.717, 1.165) is 25.8 Å². The van der Waals surface area contributed by atoms with Gasteiger partial charge in [-0.1, -0.05) is 12.0 Å². The van der Waals surface area contributed by atoms with Gasteiger partial charge in [-0.25, -0.2) is 13.6 Å². The summed E-state index contributed by atoms with van der Waals surface area (Å²) in [6, 6.07) is 5.67. The summed E-state index contributed by atoms with van der Waals surface area (Å²) in [5, 5.41) is 11.6. The molecule has 2 aromatic carbocycles. The maximum atomic E-state index is 14.8. The Bertz CT molecular complexity index is 1880. The van der Waals surface area contributed by atoms with Crippen LogP contribution in [0.3, 0.4) is 0 Å². The van der Waals surface area contributed by atoms with Gasteiger partial charge in [-0.15, -0.1) is 6.42 Å². The van der Waals surface area contributed by atoms with Crippen molar-refractivity contribution in [1.29, 1.82) is 0 Å². The van der Waals surface area contributed by atoms with E-state index >= 15 is 0 Å². The first kappa shape index (κ1) is 28.5. The largest absolute Gasteiger partial charge is 0.508 e. The molecule has 0 unspecified atom stereocenters. The number of anilines is 1. The molecule has 3 fully saturated rings. The summed E-state index contributed by atoms with van der Waals surface area (Å²) in [7, 11) is 0. The summed E-state index contributed by atoms with van der Waals surface area (Å²) in [6.45, 7) is 5.30. The number of phenols is 1. The van der Waals surface area contributed by atoms with Crippen molar-refractivity contribution in [3.8, 4) is 35.4 Å². The Balaban J connectivity index is 1.42. The molecule has 0 amide bonds. The third-order valence-corrected chi connectivity index (χ3v) is 9.16. The average molecular weight is 603 g/mol. The van der Waals surface area contributed by atoms with Gasteiger partial charge in [-0.05, 0) is 56.3 Å². The molecule has 2 aromatic heterocycles. The molecule has 0 saturated carbocycles. The fourth-order valence-electron chi connectivity index (χ4n) is 7.12. The Labute approximate surface area is 252 Å². The molecule has 9 nitrogen and oxygen atoms in total. The zero-order valence-electron chi connectivity index (χ0n) is 24.4. The molecule has 5 heterocycles. The maximum absolute atomic E-state index is 14.8. The predicted octanol–water partition coefficient (Wildman–Crippen LogP) is 4.72. The van der Waals surface area contributed by atoms with Crippen molar-refractivity contribution in [2.24, 2.45) is 0 Å². The van der Waals surface area contributed by atoms with Crippen LogP contribution in [0.5, 0.6) is 11.8 Å². The van der Waals surface area contributed by atoms with Gasteiger partial charge in [0, 0.05) is 49.2 Å². The third kappa shape index (κ3) is 4.73. The molecule has 0 bridgehead atoms. The molecular formula is C33H32F2N4O5. The Morgan fingerprint density at radius 1 is 1.18 bits per heavy atom. The minimum Gasteiger partial charge on any atom is -0.508 e. The molecule has 7 rings (SSSR count). The van der Waals surface area contributed by atoms with Crippen LogP contribution >= 0.6 is 0 Å². The first-order valence-corrected chi connectivity index (χ1v) is 14.9. The normalized spacial score (nSPS) is 22.3. The number of aromatic hydroxyl groups is 1. The van der Waals surface area contributed by atoms with Crippen LogP contribution in [0, 0.1) is 25.1 Å². The maximum Gasteiger partial charge on any atom is 0.349 e. The Hall–Kier alpha value is -4.27. The standard InChI is InChI=1S/C33H32F2N4O5/c1-3-23-25(35)7-6-20-14-22(40)15-24(26(20)23)29-19(2)28-27(31(41)44-29)30(38-9-5-12-42-13-11-38)37-32(36-28)43-18-33-8-4-10-39(33)17-21(34)16-33/h1,6-7,14-15,21,40H,4-5,8-13,16-18H2,2H3/t21-,33+/m1/s1. The highest BCUT2D eigenvalue weighted by molar-refractivity contribution is 6.03. The summed E-state index contributed by atoms with van der Waals surface area (Å²) in [6.07, 6.45) is 7.70. The van der Waals surface area contributed by atoms with E-state index in [-0.39, 0.29) is 40.6 Å². The molecule has 11 heteroatoms. The number of rotatable bonds is 5. The zero-order valence-corrected chi connectivity index (χ0v) is 24.4. The van der Waals surface area contributed by atoms with Crippen LogP contribution < -0.4 is 15.3 Å². The van der Waals surface area contributed by atoms with Crippen molar-refractivity contribution in [2.45, 2.75) is 44.3 Å². The number of fused-ring (bicyclic) bond motifs is 3. The number of terminal acetylenes is 1. The fourth-order valence-corrected chi connectivity index (χ4v) is 7.12. The van der Waals surface area contributed by atoms with Crippen molar-refractivity contribution >= 4 is 27.5 Å². The molecule has 228 valence electrons. The Morgan fingerprint density at radius 3 is 2.89 bits per heavy atom. The predicted molar refractivity (Wildman–Crippen MR) is 162 cm³/mol. The highest BCUT2D eigenvalue weighted by Gasteiger charge is 2.49. The van der Waals surface area contributed by atoms with Crippen LogP contribution in [0.15, 0.2) is 33.5 Å². The first-order valence-electron chi connectivity index (χ1n) is 14.9. The summed E-state index contributed by atoms with van der Waals surface area (Å²) in [4.78, 5) is 27.3. The molecule has 1 N–H and O–H groups in total. The molecule has 3 saturated heterocycles. The SMILES string of the molecule is C#Cc1c(F)ccc2cc(O)cc(-c3oc(=O)c4c(N5CCCOCC5)nc(OC[C@@]56CCCN5C[C@H](F)C6)nc4c3C)c12. The highest BCUT2D eigenvalue weighted by atomic mass is 19.1. The molecule has 2 atom stereocenters. The van der Waals surface area contributed by atoms with E-state index in [0.29, 0.717) is 66.9 Å². The summed E-state index contributed by atoms with van der Waals surface area (Å²) < 4.78 is 47.1. The van der Waals surface area contributed by atoms with Gasteiger partial charge < -0.3 is 23.9 Å². The monoisotopic (exact) mass is 602 g/mol. The van der Waals surface area contributed by atoms with E-state index in [1.54, 1.807) is 6.92 Å². The molecule has 0 spiro atoms. The summed E-state index contributed by atoms with van der Waals surface area (Å²) in [5.41, 5.74) is -0.106. The van der Waals surface area contributed by atoms with Gasteiger partial charge in [-0.2, -0.15) is 9.97 Å². The van der Waals surface area contributed by atoms with Crippen molar-refractivity contribution in [2.75, 3.05) is 50.9 Å². The number of halogens is 2. The smallest absolute Gasteiger partial charge is 0.349 e. The second-order valence-corrected chi connectivity index (χ2v) is 11.9. The van der Waals surface area contributed by atoms with Gasteiger partial charge >= 0.3 is 11.6 Å². The van der Waals surface area contributed by atoms with E-state index in [4.69, 9.17) is 30.3 Å². The van der Waals surface area contributed by atoms with Gasteiger partial charge in [-0.3, -0.25) is 4.90 Å². The van der Waals surface area contributed by atoms with Gasteiger partial charge in [0.05, 0.1) is 23.2 Å². The number of aryl methyl sites for hydroxylation is 1. The van der Waals surface area contributed by atoms with Crippen LogP contribution in [0.4, 0.5) is 14.6 Å². The topological polar surface area (TPSA) is 101 Å². The number of hydrogen-bond donors (Lipinski definition) is 1. The van der Waals surface area contributed by atoms with E-state index < -0.39 is 23.2 Å². The lowest BCUT2D eigenvalue weighted by molar-refractivity contribution is 0.107. The van der Waals surface area contributed by atoms with Gasteiger partial charge in [0.25, 0.3) is 0 Å². The molecule has 4 aromatic rings. The number of ether oxygens (including phenoxy) is 2. The van der Waals surface area contributed by atoms with Crippen molar-refractivity contribution in [1.82, 2.24) is 14.9 Å². The fraction of sp³-hybridized carbons (Fsp3) is 0.424. The van der Waals surface area contributed by atoms with Crippen LogP contribution in [-0.4, -0.2) is 77.7 Å². The number of alkyl halides is 1. The minimum atomic E-state index is -0.909. The molecule has 3 aliphatic heterocycles. The molecule has 3 aliphatic rings. The highest BCUT2D eigenvalue weighted by Crippen LogP contribution is 2.42. The Morgan fingerprint density at radius 2 is 2.05 bits per heavy atom. The van der Waals surface area contributed by atoms with Crippen LogP contribution in [0.25, 0.3) is 33.0 Å². The average Bonchev–Trinajstić information content (AvgIpc) is 3.38. The van der Waals surface area contributed by atoms with Crippen LogP contribution in [-0.2, 0) is 4.74 Å². The van der Waals surface area contributed by atoms with Crippen molar-refractivity contribution in [3.63, 3.8) is 0 Å². The lowest BCUT2D eigenvalue weighted by Crippen LogP contribution is -2.43. The first-order chi connectivity index (χ1) is 21.3. The third-order valence-electron chi connectivity index (χ3n) is 9.16. The number of hydrogen-bond acceptors (Lipinski definition) is 9. The minimum absolute atomic E-state index is 0.0142. The number of benzene rings is 2. The van der Waals surface area contributed by atoms with Crippen molar-refractivity contribution < 1.29 is 27.8 Å². The number of phenolic OH excluding ortho intramolecular Hbond substituents is 1. The summed E-state index contributed by atoms with van der Waals surface area (Å²) >= 11 is 0. The Kier molecular flexibility index (Phi) is 7.14. The van der Waals surface area contributed by atoms with Crippen LogP contribution in [0.2, 0.25) is 0 Å².